The molecule has 2 aromatic rings. The van der Waals surface area contributed by atoms with Gasteiger partial charge in [-0.3, -0.25) is 9.59 Å². The SMILES string of the molecule is CC(CC(=O)O)NC(=O)Cc1csc(-c2ccc(Cl)cc2Cl)n1. The van der Waals surface area contributed by atoms with Gasteiger partial charge in [0.1, 0.15) is 5.01 Å². The van der Waals surface area contributed by atoms with E-state index in [0.29, 0.717) is 20.7 Å². The summed E-state index contributed by atoms with van der Waals surface area (Å²) >= 11 is 13.4. The first-order valence-electron chi connectivity index (χ1n) is 6.76. The number of amides is 1. The number of carboxylic acid groups (broad SMARTS) is 1. The second-order valence-corrected chi connectivity index (χ2v) is 6.71. The molecule has 0 saturated heterocycles. The van der Waals surface area contributed by atoms with Gasteiger partial charge in [-0.1, -0.05) is 23.2 Å². The van der Waals surface area contributed by atoms with Crippen molar-refractivity contribution < 1.29 is 14.7 Å². The summed E-state index contributed by atoms with van der Waals surface area (Å²) in [7, 11) is 0. The zero-order valence-corrected chi connectivity index (χ0v) is 14.5. The van der Waals surface area contributed by atoms with Crippen LogP contribution in [-0.4, -0.2) is 28.0 Å². The second-order valence-electron chi connectivity index (χ2n) is 5.01. The van der Waals surface area contributed by atoms with Crippen LogP contribution < -0.4 is 5.32 Å². The Labute approximate surface area is 147 Å². The summed E-state index contributed by atoms with van der Waals surface area (Å²) < 4.78 is 0. The Balaban J connectivity index is 2.02. The van der Waals surface area contributed by atoms with Crippen LogP contribution >= 0.6 is 34.5 Å². The Bertz CT molecular complexity index is 733. The maximum Gasteiger partial charge on any atom is 0.305 e. The quantitative estimate of drug-likeness (QED) is 0.810. The monoisotopic (exact) mass is 372 g/mol. The highest BCUT2D eigenvalue weighted by Crippen LogP contribution is 2.32. The first kappa shape index (κ1) is 17.7. The molecule has 23 heavy (non-hydrogen) atoms. The minimum atomic E-state index is -0.953. The van der Waals surface area contributed by atoms with Gasteiger partial charge in [-0.2, -0.15) is 0 Å². The molecule has 1 amide bonds. The molecule has 1 atom stereocenters. The number of benzene rings is 1. The highest BCUT2D eigenvalue weighted by atomic mass is 35.5. The summed E-state index contributed by atoms with van der Waals surface area (Å²) in [4.78, 5) is 26.9. The summed E-state index contributed by atoms with van der Waals surface area (Å²) in [5.41, 5.74) is 1.36. The number of aliphatic carboxylic acids is 1. The van der Waals surface area contributed by atoms with Crippen LogP contribution in [0.25, 0.3) is 10.6 Å². The van der Waals surface area contributed by atoms with E-state index in [1.54, 1.807) is 30.5 Å². The minimum Gasteiger partial charge on any atom is -0.481 e. The van der Waals surface area contributed by atoms with E-state index in [2.05, 4.69) is 10.3 Å². The first-order chi connectivity index (χ1) is 10.8. The smallest absolute Gasteiger partial charge is 0.305 e. The molecule has 1 heterocycles. The van der Waals surface area contributed by atoms with Crippen molar-refractivity contribution in [3.63, 3.8) is 0 Å². The lowest BCUT2D eigenvalue weighted by molar-refractivity contribution is -0.137. The van der Waals surface area contributed by atoms with Crippen molar-refractivity contribution in [2.24, 2.45) is 0 Å². The number of hydrogen-bond donors (Lipinski definition) is 2. The van der Waals surface area contributed by atoms with Crippen molar-refractivity contribution >= 4 is 46.4 Å². The predicted molar refractivity (Wildman–Crippen MR) is 91.1 cm³/mol. The lowest BCUT2D eigenvalue weighted by atomic mass is 10.2. The molecule has 1 aromatic heterocycles. The van der Waals surface area contributed by atoms with Crippen molar-refractivity contribution in [3.8, 4) is 10.6 Å². The number of halogens is 2. The lowest BCUT2D eigenvalue weighted by Gasteiger charge is -2.10. The molecule has 0 spiro atoms. The van der Waals surface area contributed by atoms with Crippen LogP contribution in [0, 0.1) is 0 Å². The zero-order chi connectivity index (χ0) is 17.0. The maximum absolute atomic E-state index is 11.9. The fourth-order valence-electron chi connectivity index (χ4n) is 1.98. The first-order valence-corrected chi connectivity index (χ1v) is 8.39. The fourth-order valence-corrected chi connectivity index (χ4v) is 3.39. The van der Waals surface area contributed by atoms with Crippen molar-refractivity contribution in [1.29, 1.82) is 0 Å². The van der Waals surface area contributed by atoms with Gasteiger partial charge in [0, 0.05) is 22.0 Å². The zero-order valence-electron chi connectivity index (χ0n) is 12.2. The standard InChI is InChI=1S/C15H14Cl2N2O3S/c1-8(4-14(21)22)18-13(20)6-10-7-23-15(19-10)11-3-2-9(16)5-12(11)17/h2-3,5,7-8H,4,6H2,1H3,(H,18,20)(H,21,22). The van der Waals surface area contributed by atoms with E-state index in [1.807, 2.05) is 0 Å². The molecule has 0 radical (unpaired) electrons. The number of hydrogen-bond acceptors (Lipinski definition) is 4. The molecule has 0 aliphatic carbocycles. The largest absolute Gasteiger partial charge is 0.481 e. The molecule has 122 valence electrons. The van der Waals surface area contributed by atoms with E-state index in [1.165, 1.54) is 11.3 Å². The summed E-state index contributed by atoms with van der Waals surface area (Å²) in [5, 5.41) is 14.8. The number of carbonyl (C=O) groups excluding carboxylic acids is 1. The molecule has 2 rings (SSSR count). The minimum absolute atomic E-state index is 0.0890. The van der Waals surface area contributed by atoms with E-state index >= 15 is 0 Å². The number of nitrogens with one attached hydrogen (secondary N) is 1. The highest BCUT2D eigenvalue weighted by Gasteiger charge is 2.14. The number of carboxylic acids is 1. The van der Waals surface area contributed by atoms with Crippen LogP contribution in [-0.2, 0) is 16.0 Å². The van der Waals surface area contributed by atoms with Crippen LogP contribution in [0.5, 0.6) is 0 Å². The Morgan fingerprint density at radius 2 is 2.13 bits per heavy atom. The summed E-state index contributed by atoms with van der Waals surface area (Å²) in [6.45, 7) is 1.64. The van der Waals surface area contributed by atoms with Crippen molar-refractivity contribution in [3.05, 3.63) is 39.3 Å². The molecule has 0 bridgehead atoms. The number of aromatic nitrogens is 1. The van der Waals surface area contributed by atoms with Crippen LogP contribution in [0.1, 0.15) is 19.0 Å². The fraction of sp³-hybridized carbons (Fsp3) is 0.267. The average Bonchev–Trinajstić information content (AvgIpc) is 2.85. The van der Waals surface area contributed by atoms with Crippen molar-refractivity contribution in [2.75, 3.05) is 0 Å². The van der Waals surface area contributed by atoms with Gasteiger partial charge in [0.15, 0.2) is 0 Å². The van der Waals surface area contributed by atoms with Gasteiger partial charge in [-0.05, 0) is 25.1 Å². The maximum atomic E-state index is 11.9. The molecule has 0 fully saturated rings. The third kappa shape index (κ3) is 5.20. The Morgan fingerprint density at radius 3 is 2.78 bits per heavy atom. The third-order valence-corrected chi connectivity index (χ3v) is 4.42. The van der Waals surface area contributed by atoms with E-state index in [0.717, 1.165) is 5.56 Å². The van der Waals surface area contributed by atoms with E-state index in [9.17, 15) is 9.59 Å². The van der Waals surface area contributed by atoms with E-state index < -0.39 is 12.0 Å². The van der Waals surface area contributed by atoms with E-state index in [-0.39, 0.29) is 18.7 Å². The summed E-state index contributed by atoms with van der Waals surface area (Å²) in [6.07, 6.45) is -0.0277. The number of thiazole rings is 1. The molecule has 5 nitrogen and oxygen atoms in total. The molecule has 0 aliphatic heterocycles. The number of rotatable bonds is 6. The molecule has 1 unspecified atom stereocenters. The summed E-state index contributed by atoms with van der Waals surface area (Å²) in [6, 6.07) is 4.72. The molecule has 0 saturated carbocycles. The number of carbonyl (C=O) groups is 2. The summed E-state index contributed by atoms with van der Waals surface area (Å²) in [5.74, 6) is -1.22. The lowest BCUT2D eigenvalue weighted by Crippen LogP contribution is -2.35. The molecular weight excluding hydrogens is 359 g/mol. The molecule has 2 N–H and O–H groups in total. The Morgan fingerprint density at radius 1 is 1.39 bits per heavy atom. The molecule has 1 aromatic carbocycles. The number of nitrogens with zero attached hydrogens (tertiary/aromatic N) is 1. The van der Waals surface area contributed by atoms with Gasteiger partial charge in [-0.25, -0.2) is 4.98 Å². The van der Waals surface area contributed by atoms with Crippen molar-refractivity contribution in [1.82, 2.24) is 10.3 Å². The van der Waals surface area contributed by atoms with Gasteiger partial charge in [0.05, 0.1) is 23.6 Å². The Hall–Kier alpha value is -1.63. The van der Waals surface area contributed by atoms with Crippen LogP contribution in [0.3, 0.4) is 0 Å². The van der Waals surface area contributed by atoms with E-state index in [4.69, 9.17) is 28.3 Å². The average molecular weight is 373 g/mol. The van der Waals surface area contributed by atoms with Crippen LogP contribution in [0.4, 0.5) is 0 Å². The van der Waals surface area contributed by atoms with Crippen molar-refractivity contribution in [2.45, 2.75) is 25.8 Å². The molecular formula is C15H14Cl2N2O3S. The topological polar surface area (TPSA) is 79.3 Å². The second kappa shape index (κ2) is 7.77. The van der Waals surface area contributed by atoms with Crippen LogP contribution in [0.15, 0.2) is 23.6 Å². The van der Waals surface area contributed by atoms with Gasteiger partial charge in [-0.15, -0.1) is 11.3 Å². The predicted octanol–water partition coefficient (Wildman–Crippen LogP) is 3.64. The third-order valence-electron chi connectivity index (χ3n) is 2.94. The highest BCUT2D eigenvalue weighted by molar-refractivity contribution is 7.13. The molecule has 0 aliphatic rings. The van der Waals surface area contributed by atoms with Gasteiger partial charge in [0.2, 0.25) is 5.91 Å². The Kier molecular flexibility index (Phi) is 5.98. The van der Waals surface area contributed by atoms with Gasteiger partial charge < -0.3 is 10.4 Å². The van der Waals surface area contributed by atoms with Gasteiger partial charge in [0.25, 0.3) is 0 Å². The normalized spacial score (nSPS) is 12.0. The van der Waals surface area contributed by atoms with Gasteiger partial charge >= 0.3 is 5.97 Å². The van der Waals surface area contributed by atoms with Crippen LogP contribution in [0.2, 0.25) is 10.0 Å². The molecule has 8 heteroatoms.